The van der Waals surface area contributed by atoms with Crippen molar-refractivity contribution in [1.82, 2.24) is 5.32 Å². The van der Waals surface area contributed by atoms with Gasteiger partial charge in [0.25, 0.3) is 0 Å². The minimum atomic E-state index is -0.482. The number of hydrogen-bond donors (Lipinski definition) is 3. The molecule has 2 amide bonds. The molecule has 7 heteroatoms. The summed E-state index contributed by atoms with van der Waals surface area (Å²) in [6.07, 6.45) is 0. The molecule has 0 atom stereocenters. The number of rotatable bonds is 3. The third-order valence-corrected chi connectivity index (χ3v) is 3.42. The van der Waals surface area contributed by atoms with Crippen LogP contribution in [0.25, 0.3) is 0 Å². The van der Waals surface area contributed by atoms with Crippen molar-refractivity contribution in [2.24, 2.45) is 0 Å². The fourth-order valence-corrected chi connectivity index (χ4v) is 2.50. The molecule has 4 N–H and O–H groups in total. The maximum atomic E-state index is 11.9. The summed E-state index contributed by atoms with van der Waals surface area (Å²) in [6, 6.07) is -0.385. The van der Waals surface area contributed by atoms with Gasteiger partial charge in [0.15, 0.2) is 0 Å². The van der Waals surface area contributed by atoms with E-state index in [1.54, 1.807) is 13.8 Å². The number of nitrogen functional groups attached to an aromatic ring is 1. The predicted molar refractivity (Wildman–Crippen MR) is 81.3 cm³/mol. The van der Waals surface area contributed by atoms with Crippen LogP contribution in [0.15, 0.2) is 0 Å². The number of amides is 2. The first-order chi connectivity index (χ1) is 9.15. The number of esters is 1. The van der Waals surface area contributed by atoms with Gasteiger partial charge in [0.05, 0.1) is 17.2 Å². The van der Waals surface area contributed by atoms with E-state index in [4.69, 9.17) is 10.5 Å². The first kappa shape index (κ1) is 16.3. The molecule has 0 radical (unpaired) electrons. The lowest BCUT2D eigenvalue weighted by atomic mass is 10.1. The lowest BCUT2D eigenvalue weighted by Crippen LogP contribution is -2.43. The third-order valence-electron chi connectivity index (χ3n) is 2.38. The third kappa shape index (κ3) is 4.12. The molecule has 0 fully saturated rings. The van der Waals surface area contributed by atoms with Gasteiger partial charge in [-0.15, -0.1) is 0 Å². The normalized spacial score (nSPS) is 11.1. The van der Waals surface area contributed by atoms with Crippen molar-refractivity contribution < 1.29 is 14.3 Å². The van der Waals surface area contributed by atoms with E-state index in [0.29, 0.717) is 21.1 Å². The minimum Gasteiger partial charge on any atom is -0.462 e. The molecule has 0 aliphatic rings. The van der Waals surface area contributed by atoms with E-state index in [9.17, 15) is 9.59 Å². The Morgan fingerprint density at radius 2 is 1.95 bits per heavy atom. The van der Waals surface area contributed by atoms with E-state index in [1.807, 2.05) is 20.8 Å². The van der Waals surface area contributed by atoms with E-state index in [1.165, 1.54) is 0 Å². The van der Waals surface area contributed by atoms with Gasteiger partial charge in [-0.3, -0.25) is 5.32 Å². The zero-order valence-electron chi connectivity index (χ0n) is 12.4. The lowest BCUT2D eigenvalue weighted by Gasteiger charge is -2.20. The summed E-state index contributed by atoms with van der Waals surface area (Å²) in [5, 5.41) is 6.30. The molecule has 0 saturated heterocycles. The summed E-state index contributed by atoms with van der Waals surface area (Å²) >= 11 is 1.15. The highest BCUT2D eigenvalue weighted by atomic mass is 32.1. The monoisotopic (exact) mass is 299 g/mol. The second kappa shape index (κ2) is 6.13. The molecule has 1 aromatic heterocycles. The van der Waals surface area contributed by atoms with Gasteiger partial charge in [0.2, 0.25) is 0 Å². The molecule has 112 valence electrons. The van der Waals surface area contributed by atoms with Crippen LogP contribution in [-0.4, -0.2) is 24.1 Å². The number of carbonyl (C=O) groups excluding carboxylic acids is 2. The predicted octanol–water partition coefficient (Wildman–Crippen LogP) is 2.74. The number of thiophene rings is 1. The molecule has 1 aromatic rings. The standard InChI is InChI=1S/C13H21N3O3S/c1-6-19-11(17)8-7(2)9(14)20-10(8)15-12(18)16-13(3,4)5/h6,14H2,1-5H3,(H2,15,16,18). The maximum absolute atomic E-state index is 11.9. The molecule has 0 aliphatic heterocycles. The van der Waals surface area contributed by atoms with Crippen LogP contribution in [-0.2, 0) is 4.74 Å². The van der Waals surface area contributed by atoms with E-state index in [0.717, 1.165) is 11.3 Å². The van der Waals surface area contributed by atoms with Gasteiger partial charge in [-0.2, -0.15) is 0 Å². The second-order valence-corrected chi connectivity index (χ2v) is 6.40. The van der Waals surface area contributed by atoms with Crippen LogP contribution in [0.2, 0.25) is 0 Å². The van der Waals surface area contributed by atoms with Crippen LogP contribution >= 0.6 is 11.3 Å². The fraction of sp³-hybridized carbons (Fsp3) is 0.538. The Morgan fingerprint density at radius 1 is 1.35 bits per heavy atom. The van der Waals surface area contributed by atoms with Crippen LogP contribution in [0.3, 0.4) is 0 Å². The largest absolute Gasteiger partial charge is 0.462 e. The van der Waals surface area contributed by atoms with Crippen LogP contribution < -0.4 is 16.4 Å². The minimum absolute atomic E-state index is 0.266. The average molecular weight is 299 g/mol. The molecule has 0 aliphatic carbocycles. The average Bonchev–Trinajstić information content (AvgIpc) is 2.51. The fourth-order valence-electron chi connectivity index (χ4n) is 1.54. The molecule has 1 rings (SSSR count). The molecule has 0 saturated carbocycles. The van der Waals surface area contributed by atoms with Gasteiger partial charge >= 0.3 is 12.0 Å². The molecular weight excluding hydrogens is 278 g/mol. The van der Waals surface area contributed by atoms with Crippen LogP contribution in [0.4, 0.5) is 14.8 Å². The van der Waals surface area contributed by atoms with Crippen LogP contribution in [0.1, 0.15) is 43.6 Å². The summed E-state index contributed by atoms with van der Waals surface area (Å²) in [4.78, 5) is 23.8. The Labute approximate surface area is 122 Å². The second-order valence-electron chi connectivity index (χ2n) is 5.35. The number of carbonyl (C=O) groups is 2. The number of hydrogen-bond acceptors (Lipinski definition) is 5. The molecular formula is C13H21N3O3S. The van der Waals surface area contributed by atoms with Crippen LogP contribution in [0.5, 0.6) is 0 Å². The molecule has 6 nitrogen and oxygen atoms in total. The van der Waals surface area contributed by atoms with Crippen molar-refractivity contribution in [3.8, 4) is 0 Å². The van der Waals surface area contributed by atoms with Crippen molar-refractivity contribution in [3.63, 3.8) is 0 Å². The van der Waals surface area contributed by atoms with E-state index < -0.39 is 5.97 Å². The summed E-state index contributed by atoms with van der Waals surface area (Å²) in [6.45, 7) is 9.32. The van der Waals surface area contributed by atoms with Gasteiger partial charge in [0, 0.05) is 5.54 Å². The number of ether oxygens (including phenoxy) is 1. The highest BCUT2D eigenvalue weighted by molar-refractivity contribution is 7.20. The topological polar surface area (TPSA) is 93.4 Å². The molecule has 0 spiro atoms. The van der Waals surface area contributed by atoms with E-state index >= 15 is 0 Å². The SMILES string of the molecule is CCOC(=O)c1c(NC(=O)NC(C)(C)C)sc(N)c1C. The molecule has 1 heterocycles. The van der Waals surface area contributed by atoms with Crippen molar-refractivity contribution >= 4 is 33.3 Å². The summed E-state index contributed by atoms with van der Waals surface area (Å²) in [5.41, 5.74) is 6.39. The zero-order chi connectivity index (χ0) is 15.5. The summed E-state index contributed by atoms with van der Waals surface area (Å²) in [7, 11) is 0. The Bertz CT molecular complexity index is 518. The Morgan fingerprint density at radius 3 is 2.45 bits per heavy atom. The van der Waals surface area contributed by atoms with Gasteiger partial charge < -0.3 is 15.8 Å². The number of nitrogens with one attached hydrogen (secondary N) is 2. The lowest BCUT2D eigenvalue weighted by molar-refractivity contribution is 0.0527. The smallest absolute Gasteiger partial charge is 0.341 e. The molecule has 20 heavy (non-hydrogen) atoms. The molecule has 0 bridgehead atoms. The number of nitrogens with two attached hydrogens (primary N) is 1. The Hall–Kier alpha value is -1.76. The quantitative estimate of drug-likeness (QED) is 0.748. The van der Waals surface area contributed by atoms with Gasteiger partial charge in [-0.05, 0) is 40.2 Å². The van der Waals surface area contributed by atoms with E-state index in [-0.39, 0.29) is 18.2 Å². The maximum Gasteiger partial charge on any atom is 0.341 e. The summed E-state index contributed by atoms with van der Waals surface area (Å²) < 4.78 is 4.99. The first-order valence-corrected chi connectivity index (χ1v) is 7.12. The Balaban J connectivity index is 2.98. The highest BCUT2D eigenvalue weighted by Crippen LogP contribution is 2.35. The first-order valence-electron chi connectivity index (χ1n) is 6.31. The van der Waals surface area contributed by atoms with Crippen molar-refractivity contribution in [1.29, 1.82) is 0 Å². The molecule has 0 unspecified atom stereocenters. The molecule has 0 aromatic carbocycles. The van der Waals surface area contributed by atoms with Gasteiger partial charge in [-0.25, -0.2) is 9.59 Å². The number of urea groups is 1. The van der Waals surface area contributed by atoms with Gasteiger partial charge in [0.1, 0.15) is 5.00 Å². The zero-order valence-corrected chi connectivity index (χ0v) is 13.2. The Kier molecular flexibility index (Phi) is 4.99. The summed E-state index contributed by atoms with van der Waals surface area (Å²) in [5.74, 6) is -0.482. The van der Waals surface area contributed by atoms with E-state index in [2.05, 4.69) is 10.6 Å². The van der Waals surface area contributed by atoms with Crippen molar-refractivity contribution in [2.45, 2.75) is 40.2 Å². The van der Waals surface area contributed by atoms with Crippen LogP contribution in [0, 0.1) is 6.92 Å². The number of anilines is 2. The van der Waals surface area contributed by atoms with Crippen molar-refractivity contribution in [2.75, 3.05) is 17.7 Å². The van der Waals surface area contributed by atoms with Crippen molar-refractivity contribution in [3.05, 3.63) is 11.1 Å². The highest BCUT2D eigenvalue weighted by Gasteiger charge is 2.23. The van der Waals surface area contributed by atoms with Gasteiger partial charge in [-0.1, -0.05) is 11.3 Å².